The summed E-state index contributed by atoms with van der Waals surface area (Å²) in [7, 11) is 3.10. The molecule has 2 aromatic heterocycles. The van der Waals surface area contributed by atoms with E-state index in [0.717, 1.165) is 6.42 Å². The van der Waals surface area contributed by atoms with Gasteiger partial charge in [0, 0.05) is 13.3 Å². The van der Waals surface area contributed by atoms with Gasteiger partial charge >= 0.3 is 0 Å². The summed E-state index contributed by atoms with van der Waals surface area (Å²) in [5.74, 6) is -0.879. The number of nitrogens with one attached hydrogen (secondary N) is 2. The van der Waals surface area contributed by atoms with Gasteiger partial charge in [-0.2, -0.15) is 0 Å². The number of aromatic nitrogens is 3. The molecule has 12 heteroatoms. The number of likely N-dealkylation sites (N-methyl/N-ethyl adjacent to an activating group) is 1. The van der Waals surface area contributed by atoms with Crippen LogP contribution in [0.25, 0.3) is 11.0 Å². The van der Waals surface area contributed by atoms with Crippen LogP contribution < -0.4 is 16.4 Å². The zero-order valence-electron chi connectivity index (χ0n) is 18.5. The summed E-state index contributed by atoms with van der Waals surface area (Å²) in [6.45, 7) is 3.52. The van der Waals surface area contributed by atoms with Crippen molar-refractivity contribution in [1.29, 1.82) is 0 Å². The molecule has 3 unspecified atom stereocenters. The molecule has 6 atom stereocenters. The predicted octanol–water partition coefficient (Wildman–Crippen LogP) is -0.632. The van der Waals surface area contributed by atoms with Gasteiger partial charge in [-0.3, -0.25) is 9.59 Å². The van der Waals surface area contributed by atoms with Crippen LogP contribution in [0.5, 0.6) is 0 Å². The van der Waals surface area contributed by atoms with Crippen LogP contribution in [0, 0.1) is 5.92 Å². The second-order valence-corrected chi connectivity index (χ2v) is 7.81. The number of carbonyl (C=O) groups is 2. The van der Waals surface area contributed by atoms with Crippen LogP contribution >= 0.6 is 0 Å². The Kier molecular flexibility index (Phi) is 7.41. The van der Waals surface area contributed by atoms with Crippen molar-refractivity contribution in [2.24, 2.45) is 11.7 Å². The molecule has 0 radical (unpaired) electrons. The average Bonchev–Trinajstić information content (AvgIpc) is 3.32. The SMILES string of the molecule is CCC(C)C(NC)C(=O)Nc1ncnc2c1c(C(N)=O)cn2[C@@H]1O[C@H](CO)C(O)[C@@H]1OC. The zero-order valence-corrected chi connectivity index (χ0v) is 18.5. The number of anilines is 1. The number of primary amides is 1. The highest BCUT2D eigenvalue weighted by atomic mass is 16.6. The maximum absolute atomic E-state index is 12.9. The second kappa shape index (κ2) is 9.88. The van der Waals surface area contributed by atoms with Crippen LogP contribution in [0.4, 0.5) is 5.82 Å². The fourth-order valence-corrected chi connectivity index (χ4v) is 4.01. The summed E-state index contributed by atoms with van der Waals surface area (Å²) in [5, 5.41) is 25.9. The number of methoxy groups -OCH3 is 1. The molecule has 3 rings (SSSR count). The molecule has 32 heavy (non-hydrogen) atoms. The minimum Gasteiger partial charge on any atom is -0.394 e. The van der Waals surface area contributed by atoms with Crippen molar-refractivity contribution in [3.05, 3.63) is 18.1 Å². The highest BCUT2D eigenvalue weighted by Crippen LogP contribution is 2.36. The topological polar surface area (TPSA) is 174 Å². The number of aliphatic hydroxyl groups is 2. The van der Waals surface area contributed by atoms with E-state index in [0.29, 0.717) is 0 Å². The summed E-state index contributed by atoms with van der Waals surface area (Å²) in [5.41, 5.74) is 5.93. The quantitative estimate of drug-likeness (QED) is 0.333. The highest BCUT2D eigenvalue weighted by molar-refractivity contribution is 6.11. The molecular weight excluding hydrogens is 420 g/mol. The summed E-state index contributed by atoms with van der Waals surface area (Å²) >= 11 is 0. The lowest BCUT2D eigenvalue weighted by atomic mass is 9.98. The Hall–Kier alpha value is -2.64. The number of amides is 2. The summed E-state index contributed by atoms with van der Waals surface area (Å²) < 4.78 is 12.6. The van der Waals surface area contributed by atoms with Gasteiger partial charge in [-0.15, -0.1) is 0 Å². The monoisotopic (exact) mass is 450 g/mol. The first-order valence-electron chi connectivity index (χ1n) is 10.4. The Morgan fingerprint density at radius 2 is 2.12 bits per heavy atom. The van der Waals surface area contributed by atoms with E-state index in [1.807, 2.05) is 13.8 Å². The number of carbonyl (C=O) groups excluding carboxylic acids is 2. The van der Waals surface area contributed by atoms with Crippen molar-refractivity contribution in [3.63, 3.8) is 0 Å². The normalized spacial score (nSPS) is 25.1. The molecule has 1 aliphatic heterocycles. The van der Waals surface area contributed by atoms with Gasteiger partial charge in [0.1, 0.15) is 36.1 Å². The number of hydrogen-bond donors (Lipinski definition) is 5. The van der Waals surface area contributed by atoms with Crippen LogP contribution in [-0.2, 0) is 14.3 Å². The largest absolute Gasteiger partial charge is 0.394 e. The lowest BCUT2D eigenvalue weighted by Crippen LogP contribution is -2.43. The molecule has 2 aromatic rings. The molecule has 1 saturated heterocycles. The fourth-order valence-electron chi connectivity index (χ4n) is 4.01. The number of rotatable bonds is 9. The molecule has 1 aliphatic rings. The van der Waals surface area contributed by atoms with Gasteiger partial charge in [0.2, 0.25) is 5.91 Å². The van der Waals surface area contributed by atoms with Gasteiger partial charge < -0.3 is 40.6 Å². The maximum atomic E-state index is 12.9. The summed E-state index contributed by atoms with van der Waals surface area (Å²) in [6.07, 6.45) is -0.267. The third-order valence-electron chi connectivity index (χ3n) is 5.96. The third kappa shape index (κ3) is 4.19. The van der Waals surface area contributed by atoms with E-state index in [9.17, 15) is 19.8 Å². The van der Waals surface area contributed by atoms with Crippen molar-refractivity contribution in [1.82, 2.24) is 19.9 Å². The second-order valence-electron chi connectivity index (χ2n) is 7.81. The average molecular weight is 450 g/mol. The number of hydrogen-bond acceptors (Lipinski definition) is 9. The van der Waals surface area contributed by atoms with Crippen LogP contribution in [0.2, 0.25) is 0 Å². The van der Waals surface area contributed by atoms with E-state index in [-0.39, 0.29) is 34.2 Å². The molecule has 0 aliphatic carbocycles. The molecule has 3 heterocycles. The van der Waals surface area contributed by atoms with Crippen molar-refractivity contribution in [2.45, 2.75) is 50.8 Å². The number of ether oxygens (including phenoxy) is 2. The molecule has 0 saturated carbocycles. The maximum Gasteiger partial charge on any atom is 0.251 e. The molecule has 2 amide bonds. The molecule has 1 fully saturated rings. The molecular formula is C20H30N6O6. The van der Waals surface area contributed by atoms with E-state index in [2.05, 4.69) is 20.6 Å². The standard InChI is InChI=1S/C20H30N6O6/c1-5-9(2)13(22-3)19(30)25-17-12-10(16(21)29)6-26(18(12)24-8-23-17)20-15(31-4)14(28)11(7-27)32-20/h6,8-9,11,13-15,20,22,27-28H,5,7H2,1-4H3,(H2,21,29)(H,23,24,25,30)/t9?,11-,13?,14?,15+,20-/m1/s1. The van der Waals surface area contributed by atoms with Crippen molar-refractivity contribution in [3.8, 4) is 0 Å². The van der Waals surface area contributed by atoms with Crippen LogP contribution in [0.1, 0.15) is 36.9 Å². The van der Waals surface area contributed by atoms with Crippen LogP contribution in [0.15, 0.2) is 12.5 Å². The molecule has 6 N–H and O–H groups in total. The number of aliphatic hydroxyl groups excluding tert-OH is 2. The molecule has 0 spiro atoms. The summed E-state index contributed by atoms with van der Waals surface area (Å²) in [4.78, 5) is 33.5. The molecule has 0 aromatic carbocycles. The van der Waals surface area contributed by atoms with Gasteiger partial charge in [-0.1, -0.05) is 20.3 Å². The Labute approximate surface area is 185 Å². The predicted molar refractivity (Wildman–Crippen MR) is 115 cm³/mol. The van der Waals surface area contributed by atoms with Crippen molar-refractivity contribution in [2.75, 3.05) is 26.1 Å². The lowest BCUT2D eigenvalue weighted by molar-refractivity contribution is -0.119. The van der Waals surface area contributed by atoms with Crippen molar-refractivity contribution < 1.29 is 29.3 Å². The number of nitrogens with zero attached hydrogens (tertiary/aromatic N) is 3. The summed E-state index contributed by atoms with van der Waals surface area (Å²) in [6, 6.07) is -0.472. The third-order valence-corrected chi connectivity index (χ3v) is 5.96. The lowest BCUT2D eigenvalue weighted by Gasteiger charge is -2.22. The Morgan fingerprint density at radius 1 is 1.41 bits per heavy atom. The molecule has 176 valence electrons. The minimum absolute atomic E-state index is 0.0591. The first-order valence-corrected chi connectivity index (χ1v) is 10.4. The first kappa shape index (κ1) is 24.0. The number of nitrogens with two attached hydrogens (primary N) is 1. The van der Waals surface area contributed by atoms with Crippen LogP contribution in [0.3, 0.4) is 0 Å². The van der Waals surface area contributed by atoms with E-state index >= 15 is 0 Å². The smallest absolute Gasteiger partial charge is 0.251 e. The fraction of sp³-hybridized carbons (Fsp3) is 0.600. The minimum atomic E-state index is -1.10. The zero-order chi connectivity index (χ0) is 23.6. The van der Waals surface area contributed by atoms with Gasteiger partial charge in [-0.05, 0) is 13.0 Å². The Morgan fingerprint density at radius 3 is 2.69 bits per heavy atom. The van der Waals surface area contributed by atoms with Crippen molar-refractivity contribution >= 4 is 28.7 Å². The Balaban J connectivity index is 2.08. The van der Waals surface area contributed by atoms with E-state index in [1.54, 1.807) is 7.05 Å². The van der Waals surface area contributed by atoms with Gasteiger partial charge in [-0.25, -0.2) is 9.97 Å². The number of fused-ring (bicyclic) bond motifs is 1. The van der Waals surface area contributed by atoms with E-state index in [4.69, 9.17) is 15.2 Å². The van der Waals surface area contributed by atoms with E-state index < -0.39 is 43.1 Å². The van der Waals surface area contributed by atoms with Crippen LogP contribution in [-0.4, -0.2) is 81.7 Å². The van der Waals surface area contributed by atoms with E-state index in [1.165, 1.54) is 24.2 Å². The highest BCUT2D eigenvalue weighted by Gasteiger charge is 2.45. The Bertz CT molecular complexity index is 981. The molecule has 12 nitrogen and oxygen atoms in total. The molecule has 0 bridgehead atoms. The van der Waals surface area contributed by atoms with Gasteiger partial charge in [0.05, 0.1) is 23.6 Å². The first-order chi connectivity index (χ1) is 15.3. The van der Waals surface area contributed by atoms with Gasteiger partial charge in [0.15, 0.2) is 6.23 Å². The van der Waals surface area contributed by atoms with Gasteiger partial charge in [0.25, 0.3) is 5.91 Å².